The third-order valence-electron chi connectivity index (χ3n) is 7.07. The van der Waals surface area contributed by atoms with Crippen molar-refractivity contribution in [2.75, 3.05) is 0 Å². The lowest BCUT2D eigenvalue weighted by atomic mass is 9.68. The molecule has 0 bridgehead atoms. The average Bonchev–Trinajstić information content (AvgIpc) is 2.71. The second-order valence-electron chi connectivity index (χ2n) is 8.96. The van der Waals surface area contributed by atoms with Crippen LogP contribution in [0.15, 0.2) is 36.9 Å². The number of allylic oxidation sites excluding steroid dienone is 2. The van der Waals surface area contributed by atoms with Gasteiger partial charge in [-0.3, -0.25) is 0 Å². The first-order valence-corrected chi connectivity index (χ1v) is 11.0. The van der Waals surface area contributed by atoms with Gasteiger partial charge in [-0.15, -0.1) is 6.58 Å². The van der Waals surface area contributed by atoms with Crippen LogP contribution in [0.1, 0.15) is 68.9 Å². The van der Waals surface area contributed by atoms with Gasteiger partial charge >= 0.3 is 6.18 Å². The molecule has 2 aliphatic rings. The Bertz CT molecular complexity index is 687. The van der Waals surface area contributed by atoms with Crippen molar-refractivity contribution in [1.29, 1.82) is 0 Å². The Morgan fingerprint density at radius 3 is 2.10 bits per heavy atom. The summed E-state index contributed by atoms with van der Waals surface area (Å²) in [5, 5.41) is 0. The van der Waals surface area contributed by atoms with E-state index in [1.807, 2.05) is 0 Å². The monoisotopic (exact) mass is 408 g/mol. The minimum Gasteiger partial charge on any atom is -0.206 e. The molecular formula is C25H32F4. The Labute approximate surface area is 172 Å². The maximum Gasteiger partial charge on any atom is 0.409 e. The van der Waals surface area contributed by atoms with E-state index in [0.29, 0.717) is 5.92 Å². The molecule has 0 saturated heterocycles. The SMILES string of the molecule is C=CC1CCC(C2CCC(CCc3ccc(/C=C/C(F)(F)F)c(F)c3)CC2)CC1. The highest BCUT2D eigenvalue weighted by Gasteiger charge is 2.30. The summed E-state index contributed by atoms with van der Waals surface area (Å²) in [6.45, 7) is 3.93. The summed E-state index contributed by atoms with van der Waals surface area (Å²) in [5.74, 6) is 2.58. The zero-order chi connectivity index (χ0) is 20.9. The molecule has 0 amide bonds. The predicted octanol–water partition coefficient (Wildman–Crippen LogP) is 8.13. The number of aryl methyl sites for hydroxylation is 1. The fourth-order valence-corrected chi connectivity index (χ4v) is 5.22. The average molecular weight is 409 g/mol. The van der Waals surface area contributed by atoms with Gasteiger partial charge < -0.3 is 0 Å². The van der Waals surface area contributed by atoms with Gasteiger partial charge in [0.1, 0.15) is 5.82 Å². The van der Waals surface area contributed by atoms with Crippen molar-refractivity contribution in [2.24, 2.45) is 23.7 Å². The maximum absolute atomic E-state index is 14.1. The van der Waals surface area contributed by atoms with Gasteiger partial charge in [-0.2, -0.15) is 13.2 Å². The Balaban J connectivity index is 1.43. The van der Waals surface area contributed by atoms with Crippen LogP contribution in [0.5, 0.6) is 0 Å². The lowest BCUT2D eigenvalue weighted by Crippen LogP contribution is -2.25. The first kappa shape index (κ1) is 22.1. The quantitative estimate of drug-likeness (QED) is 0.329. The van der Waals surface area contributed by atoms with Crippen LogP contribution in [0.2, 0.25) is 0 Å². The van der Waals surface area contributed by atoms with Gasteiger partial charge in [-0.25, -0.2) is 4.39 Å². The lowest BCUT2D eigenvalue weighted by Gasteiger charge is -2.37. The van der Waals surface area contributed by atoms with Crippen molar-refractivity contribution < 1.29 is 17.6 Å². The Morgan fingerprint density at radius 2 is 1.55 bits per heavy atom. The summed E-state index contributed by atoms with van der Waals surface area (Å²) >= 11 is 0. The fourth-order valence-electron chi connectivity index (χ4n) is 5.22. The highest BCUT2D eigenvalue weighted by atomic mass is 19.4. The standard InChI is InChI=1S/C25H32F4/c1-2-18-5-10-21(11-6-18)22-12-7-19(8-13-22)3-4-20-9-14-23(24(26)17-20)15-16-25(27,28)29/h2,9,14-19,21-22H,1,3-8,10-13H2/b16-15+. The summed E-state index contributed by atoms with van der Waals surface area (Å²) in [5.41, 5.74) is 0.856. The molecule has 0 unspecified atom stereocenters. The van der Waals surface area contributed by atoms with Crippen LogP contribution in [-0.4, -0.2) is 6.18 Å². The van der Waals surface area contributed by atoms with Crippen molar-refractivity contribution in [3.63, 3.8) is 0 Å². The third kappa shape index (κ3) is 6.72. The molecule has 0 aromatic heterocycles. The van der Waals surface area contributed by atoms with Crippen LogP contribution in [0.25, 0.3) is 6.08 Å². The second-order valence-corrected chi connectivity index (χ2v) is 8.96. The molecule has 1 aromatic rings. The molecule has 4 heteroatoms. The molecule has 0 N–H and O–H groups in total. The van der Waals surface area contributed by atoms with E-state index in [1.165, 1.54) is 63.5 Å². The van der Waals surface area contributed by atoms with Crippen molar-refractivity contribution in [2.45, 2.75) is 70.4 Å². The van der Waals surface area contributed by atoms with E-state index in [2.05, 4.69) is 12.7 Å². The number of halogens is 4. The molecule has 0 heterocycles. The minimum absolute atomic E-state index is 0.0160. The number of hydrogen-bond acceptors (Lipinski definition) is 0. The van der Waals surface area contributed by atoms with Crippen LogP contribution in [0, 0.1) is 29.5 Å². The van der Waals surface area contributed by atoms with Gasteiger partial charge in [0.05, 0.1) is 0 Å². The third-order valence-corrected chi connectivity index (χ3v) is 7.07. The molecule has 3 rings (SSSR count). The van der Waals surface area contributed by atoms with E-state index >= 15 is 0 Å². The van der Waals surface area contributed by atoms with E-state index < -0.39 is 12.0 Å². The molecule has 2 saturated carbocycles. The smallest absolute Gasteiger partial charge is 0.206 e. The van der Waals surface area contributed by atoms with Gasteiger partial charge in [-0.1, -0.05) is 31.1 Å². The highest BCUT2D eigenvalue weighted by Crippen LogP contribution is 2.42. The second kappa shape index (κ2) is 9.95. The van der Waals surface area contributed by atoms with E-state index in [9.17, 15) is 17.6 Å². The molecule has 160 valence electrons. The van der Waals surface area contributed by atoms with Gasteiger partial charge in [0, 0.05) is 11.6 Å². The number of hydrogen-bond donors (Lipinski definition) is 0. The summed E-state index contributed by atoms with van der Waals surface area (Å²) in [6.07, 6.45) is 10.8. The van der Waals surface area contributed by atoms with E-state index in [4.69, 9.17) is 0 Å². The van der Waals surface area contributed by atoms with Crippen molar-refractivity contribution >= 4 is 6.08 Å². The molecule has 2 fully saturated rings. The van der Waals surface area contributed by atoms with Crippen LogP contribution in [-0.2, 0) is 6.42 Å². The summed E-state index contributed by atoms with van der Waals surface area (Å²) in [4.78, 5) is 0. The Hall–Kier alpha value is -1.58. The van der Waals surface area contributed by atoms with Crippen LogP contribution >= 0.6 is 0 Å². The van der Waals surface area contributed by atoms with Crippen LogP contribution < -0.4 is 0 Å². The molecule has 0 radical (unpaired) electrons. The normalized spacial score (nSPS) is 28.6. The Kier molecular flexibility index (Phi) is 7.59. The van der Waals surface area contributed by atoms with Crippen LogP contribution in [0.4, 0.5) is 17.6 Å². The molecule has 0 atom stereocenters. The summed E-state index contributed by atoms with van der Waals surface area (Å²) < 4.78 is 50.8. The number of rotatable bonds is 6. The molecule has 0 spiro atoms. The zero-order valence-corrected chi connectivity index (χ0v) is 17.1. The molecule has 0 nitrogen and oxygen atoms in total. The molecule has 0 aliphatic heterocycles. The summed E-state index contributed by atoms with van der Waals surface area (Å²) in [7, 11) is 0. The number of benzene rings is 1. The lowest BCUT2D eigenvalue weighted by molar-refractivity contribution is -0.0790. The van der Waals surface area contributed by atoms with Crippen molar-refractivity contribution in [1.82, 2.24) is 0 Å². The molecule has 2 aliphatic carbocycles. The number of alkyl halides is 3. The fraction of sp³-hybridized carbons (Fsp3) is 0.600. The van der Waals surface area contributed by atoms with Crippen molar-refractivity contribution in [3.05, 3.63) is 53.9 Å². The van der Waals surface area contributed by atoms with E-state index in [0.717, 1.165) is 42.2 Å². The first-order chi connectivity index (χ1) is 13.8. The molecule has 1 aromatic carbocycles. The minimum atomic E-state index is -4.42. The van der Waals surface area contributed by atoms with E-state index in [1.54, 1.807) is 6.07 Å². The van der Waals surface area contributed by atoms with E-state index in [-0.39, 0.29) is 11.6 Å². The van der Waals surface area contributed by atoms with Crippen molar-refractivity contribution in [3.8, 4) is 0 Å². The van der Waals surface area contributed by atoms with Gasteiger partial charge in [0.25, 0.3) is 0 Å². The molecular weight excluding hydrogens is 376 g/mol. The highest BCUT2D eigenvalue weighted by molar-refractivity contribution is 5.51. The predicted molar refractivity (Wildman–Crippen MR) is 111 cm³/mol. The summed E-state index contributed by atoms with van der Waals surface area (Å²) in [6, 6.07) is 4.59. The maximum atomic E-state index is 14.1. The van der Waals surface area contributed by atoms with Crippen LogP contribution in [0.3, 0.4) is 0 Å². The van der Waals surface area contributed by atoms with Gasteiger partial charge in [0.2, 0.25) is 0 Å². The Morgan fingerprint density at radius 1 is 0.931 bits per heavy atom. The molecule has 29 heavy (non-hydrogen) atoms. The first-order valence-electron chi connectivity index (χ1n) is 11.0. The largest absolute Gasteiger partial charge is 0.409 e. The topological polar surface area (TPSA) is 0 Å². The van der Waals surface area contributed by atoms with Gasteiger partial charge in [-0.05, 0) is 92.7 Å². The van der Waals surface area contributed by atoms with Gasteiger partial charge in [0.15, 0.2) is 0 Å². The zero-order valence-electron chi connectivity index (χ0n) is 17.1.